The van der Waals surface area contributed by atoms with Crippen molar-refractivity contribution < 1.29 is 22.4 Å². The summed E-state index contributed by atoms with van der Waals surface area (Å²) in [4.78, 5) is 12.6. The van der Waals surface area contributed by atoms with Crippen LogP contribution in [-0.4, -0.2) is 37.0 Å². The minimum absolute atomic E-state index is 0.240. The van der Waals surface area contributed by atoms with Gasteiger partial charge in [0.2, 0.25) is 0 Å². The summed E-state index contributed by atoms with van der Waals surface area (Å²) < 4.78 is 45.9. The van der Waals surface area contributed by atoms with E-state index in [1.165, 1.54) is 16.8 Å². The number of benzene rings is 1. The Morgan fingerprint density at radius 3 is 2.75 bits per heavy atom. The van der Waals surface area contributed by atoms with E-state index in [9.17, 15) is 18.0 Å². The number of rotatable bonds is 4. The summed E-state index contributed by atoms with van der Waals surface area (Å²) in [5, 5.41) is 12.3. The molecule has 0 fully saturated rings. The highest BCUT2D eigenvalue weighted by Gasteiger charge is 2.42. The Bertz CT molecular complexity index is 1150. The van der Waals surface area contributed by atoms with E-state index in [0.29, 0.717) is 10.5 Å². The molecule has 1 amide bonds. The molecule has 4 aromatic rings. The average Bonchev–Trinajstić information content (AvgIpc) is 3.32. The summed E-state index contributed by atoms with van der Waals surface area (Å²) in [6.45, 7) is 1.26. The molecule has 3 heterocycles. The third-order valence-electron chi connectivity index (χ3n) is 4.32. The van der Waals surface area contributed by atoms with Gasteiger partial charge in [0.05, 0.1) is 24.9 Å². The van der Waals surface area contributed by atoms with Crippen molar-refractivity contribution >= 4 is 22.5 Å². The lowest BCUT2D eigenvalue weighted by Crippen LogP contribution is -2.40. The van der Waals surface area contributed by atoms with Crippen LogP contribution in [0.25, 0.3) is 16.6 Å². The fourth-order valence-electron chi connectivity index (χ4n) is 3.05. The zero-order chi connectivity index (χ0) is 19.9. The van der Waals surface area contributed by atoms with Crippen LogP contribution >= 0.6 is 0 Å². The van der Waals surface area contributed by atoms with E-state index in [1.54, 1.807) is 12.1 Å². The van der Waals surface area contributed by atoms with Crippen LogP contribution in [0.3, 0.4) is 0 Å². The van der Waals surface area contributed by atoms with Crippen LogP contribution in [-0.2, 0) is 17.9 Å². The van der Waals surface area contributed by atoms with E-state index in [1.807, 2.05) is 25.1 Å². The van der Waals surface area contributed by atoms with Crippen LogP contribution in [0.4, 0.5) is 13.2 Å². The highest BCUT2D eigenvalue weighted by molar-refractivity contribution is 5.85. The lowest BCUT2D eigenvalue weighted by atomic mass is 10.1. The maximum atomic E-state index is 13.1. The van der Waals surface area contributed by atoms with E-state index < -0.39 is 12.1 Å². The normalized spacial score (nSPS) is 12.0. The summed E-state index contributed by atoms with van der Waals surface area (Å²) in [5.41, 5.74) is 2.40. The van der Waals surface area contributed by atoms with E-state index >= 15 is 0 Å². The molecule has 1 aromatic carbocycles. The quantitative estimate of drug-likeness (QED) is 0.535. The molecule has 0 spiro atoms. The van der Waals surface area contributed by atoms with Gasteiger partial charge in [0.1, 0.15) is 5.76 Å². The minimum Gasteiger partial charge on any atom is -0.467 e. The average molecular weight is 389 g/mol. The molecule has 3 aromatic heterocycles. The second-order valence-electron chi connectivity index (χ2n) is 6.38. The Hall–Kier alpha value is -3.43. The number of amides is 1. The minimum atomic E-state index is -5.01. The number of furan rings is 1. The van der Waals surface area contributed by atoms with Crippen molar-refractivity contribution in [3.05, 3.63) is 59.5 Å². The number of alkyl halides is 3. The summed E-state index contributed by atoms with van der Waals surface area (Å²) in [7, 11) is 0. The Morgan fingerprint density at radius 1 is 1.21 bits per heavy atom. The Morgan fingerprint density at radius 2 is 2.04 bits per heavy atom. The van der Waals surface area contributed by atoms with Crippen LogP contribution < -0.4 is 0 Å². The zero-order valence-electron chi connectivity index (χ0n) is 14.6. The van der Waals surface area contributed by atoms with E-state index in [-0.39, 0.29) is 24.5 Å². The maximum absolute atomic E-state index is 13.1. The van der Waals surface area contributed by atoms with Gasteiger partial charge < -0.3 is 9.32 Å². The van der Waals surface area contributed by atoms with Crippen LogP contribution in [0.2, 0.25) is 0 Å². The molecule has 0 atom stereocenters. The van der Waals surface area contributed by atoms with Crippen molar-refractivity contribution in [1.29, 1.82) is 0 Å². The Kier molecular flexibility index (Phi) is 4.25. The molecule has 0 N–H and O–H groups in total. The number of aryl methyl sites for hydroxylation is 1. The van der Waals surface area contributed by atoms with Gasteiger partial charge in [-0.15, -0.1) is 5.10 Å². The van der Waals surface area contributed by atoms with Gasteiger partial charge in [-0.2, -0.15) is 17.7 Å². The Balaban J connectivity index is 1.79. The van der Waals surface area contributed by atoms with Crippen LogP contribution in [0.1, 0.15) is 16.9 Å². The smallest absolute Gasteiger partial charge is 0.467 e. The van der Waals surface area contributed by atoms with Crippen LogP contribution in [0.5, 0.6) is 0 Å². The first-order chi connectivity index (χ1) is 13.3. The number of nitrogens with zero attached hydrogens (tertiary/aromatic N) is 5. The highest BCUT2D eigenvalue weighted by atomic mass is 19.4. The number of tetrazole rings is 1. The first-order valence-electron chi connectivity index (χ1n) is 8.32. The summed E-state index contributed by atoms with van der Waals surface area (Å²) in [6, 6.07) is 10.3. The van der Waals surface area contributed by atoms with E-state index in [0.717, 1.165) is 16.5 Å². The summed E-state index contributed by atoms with van der Waals surface area (Å²) in [5.74, 6) is -1.72. The maximum Gasteiger partial charge on any atom is 0.471 e. The molecular formula is C18H14F3N5O2. The molecule has 0 saturated heterocycles. The fourth-order valence-corrected chi connectivity index (χ4v) is 3.05. The van der Waals surface area contributed by atoms with Crippen molar-refractivity contribution in [3.8, 4) is 0 Å². The standard InChI is InChI=1S/C18H14F3N5O2/c1-11-4-5-12-8-13(16-22-23-24-26(16)15(12)7-11)9-25(17(27)18(19,20)21)10-14-3-2-6-28-14/h2-8H,9-10H2,1H3. The number of aromatic nitrogens is 4. The van der Waals surface area contributed by atoms with Gasteiger partial charge in [0.15, 0.2) is 5.65 Å². The number of carbonyl (C=O) groups is 1. The molecule has 144 valence electrons. The van der Waals surface area contributed by atoms with Gasteiger partial charge >= 0.3 is 12.1 Å². The molecular weight excluding hydrogens is 375 g/mol. The zero-order valence-corrected chi connectivity index (χ0v) is 14.6. The van der Waals surface area contributed by atoms with Crippen molar-refractivity contribution in [3.63, 3.8) is 0 Å². The topological polar surface area (TPSA) is 76.5 Å². The number of hydrogen-bond acceptors (Lipinski definition) is 5. The molecule has 0 aliphatic carbocycles. The van der Waals surface area contributed by atoms with Crippen molar-refractivity contribution in [2.75, 3.05) is 0 Å². The molecule has 10 heteroatoms. The molecule has 0 saturated carbocycles. The van der Waals surface area contributed by atoms with Gasteiger partial charge in [-0.25, -0.2) is 0 Å². The molecule has 0 aliphatic heterocycles. The van der Waals surface area contributed by atoms with Gasteiger partial charge in [0.25, 0.3) is 0 Å². The third-order valence-corrected chi connectivity index (χ3v) is 4.32. The predicted molar refractivity (Wildman–Crippen MR) is 92.0 cm³/mol. The molecule has 0 bridgehead atoms. The third kappa shape index (κ3) is 3.28. The SMILES string of the molecule is Cc1ccc2cc(CN(Cc3ccco3)C(=O)C(F)(F)F)c3nnnn3c2c1. The molecule has 7 nitrogen and oxygen atoms in total. The predicted octanol–water partition coefficient (Wildman–Crippen LogP) is 3.27. The fraction of sp³-hybridized carbons (Fsp3) is 0.222. The van der Waals surface area contributed by atoms with E-state index in [2.05, 4.69) is 15.5 Å². The first kappa shape index (κ1) is 18.0. The lowest BCUT2D eigenvalue weighted by molar-refractivity contribution is -0.187. The number of hydrogen-bond donors (Lipinski definition) is 0. The number of fused-ring (bicyclic) bond motifs is 3. The molecule has 0 unspecified atom stereocenters. The first-order valence-corrected chi connectivity index (χ1v) is 8.32. The van der Waals surface area contributed by atoms with Crippen molar-refractivity contribution in [2.45, 2.75) is 26.2 Å². The molecule has 0 radical (unpaired) electrons. The second-order valence-corrected chi connectivity index (χ2v) is 6.38. The van der Waals surface area contributed by atoms with Gasteiger partial charge in [0, 0.05) is 10.9 Å². The second kappa shape index (κ2) is 6.63. The van der Waals surface area contributed by atoms with E-state index in [4.69, 9.17) is 4.42 Å². The molecule has 4 rings (SSSR count). The van der Waals surface area contributed by atoms with Gasteiger partial charge in [-0.05, 0) is 47.2 Å². The van der Waals surface area contributed by atoms with Crippen molar-refractivity contribution in [1.82, 2.24) is 24.9 Å². The van der Waals surface area contributed by atoms with Gasteiger partial charge in [-0.3, -0.25) is 4.79 Å². The highest BCUT2D eigenvalue weighted by Crippen LogP contribution is 2.25. The Labute approximate surface area is 156 Å². The molecule has 0 aliphatic rings. The largest absolute Gasteiger partial charge is 0.471 e. The summed E-state index contributed by atoms with van der Waals surface area (Å²) >= 11 is 0. The monoisotopic (exact) mass is 389 g/mol. The van der Waals surface area contributed by atoms with Gasteiger partial charge in [-0.1, -0.05) is 12.1 Å². The number of pyridine rings is 1. The lowest BCUT2D eigenvalue weighted by Gasteiger charge is -2.23. The number of carbonyl (C=O) groups excluding carboxylic acids is 1. The van der Waals surface area contributed by atoms with Crippen LogP contribution in [0.15, 0.2) is 47.1 Å². The molecule has 28 heavy (non-hydrogen) atoms. The number of halogens is 3. The summed E-state index contributed by atoms with van der Waals surface area (Å²) in [6.07, 6.45) is -3.67. The van der Waals surface area contributed by atoms with Crippen LogP contribution in [0, 0.1) is 6.92 Å². The van der Waals surface area contributed by atoms with Crippen molar-refractivity contribution in [2.24, 2.45) is 0 Å².